The number of phenolic OH excluding ortho intramolecular Hbond substituents is 2. The van der Waals surface area contributed by atoms with Crippen LogP contribution in [0.15, 0.2) is 115 Å². The van der Waals surface area contributed by atoms with Crippen molar-refractivity contribution in [3.63, 3.8) is 0 Å². The molecule has 0 aliphatic heterocycles. The Kier molecular flexibility index (Phi) is 8.01. The number of benzene rings is 5. The summed E-state index contributed by atoms with van der Waals surface area (Å²) in [5.74, 6) is -0.333. The maximum absolute atomic E-state index is 12.2. The second kappa shape index (κ2) is 11.6. The van der Waals surface area contributed by atoms with Gasteiger partial charge in [-0.3, -0.25) is 9.11 Å². The molecule has 0 fully saturated rings. The van der Waals surface area contributed by atoms with Gasteiger partial charge in [0.2, 0.25) is 0 Å². The summed E-state index contributed by atoms with van der Waals surface area (Å²) >= 11 is 0. The van der Waals surface area contributed by atoms with Gasteiger partial charge in [-0.1, -0.05) is 18.2 Å². The van der Waals surface area contributed by atoms with E-state index in [0.717, 1.165) is 28.8 Å². The van der Waals surface area contributed by atoms with Crippen molar-refractivity contribution >= 4 is 53.8 Å². The number of aromatic hydroxyl groups is 2. The van der Waals surface area contributed by atoms with Crippen LogP contribution in [0.25, 0.3) is 21.9 Å². The molecule has 0 radical (unpaired) electrons. The summed E-state index contributed by atoms with van der Waals surface area (Å²) in [6, 6.07) is 21.3. The van der Waals surface area contributed by atoms with Crippen molar-refractivity contribution in [2.45, 2.75) is 23.6 Å². The number of hydrogen-bond donors (Lipinski definition) is 4. The number of azo groups is 2. The Hall–Kier alpha value is -5.02. The van der Waals surface area contributed by atoms with Gasteiger partial charge in [-0.25, -0.2) is 0 Å². The van der Waals surface area contributed by atoms with Crippen molar-refractivity contribution in [1.29, 1.82) is 0 Å². The first-order valence-corrected chi connectivity index (χ1v) is 15.7. The standard InChI is InChI=1S/C30H24N4O8S2/c1-17-13-19(3-10-25(17)32-31-22-6-8-23(35)9-7-22)20-4-11-26(18(2)14-20)33-34-30-27(36)12-5-21-15-24(43(37,38)39)16-28(29(21)30)44(40,41)42/h3-16,35-36H,1-2H3,(H,37,38,39)(H,40,41,42). The topological polar surface area (TPSA) is 199 Å². The summed E-state index contributed by atoms with van der Waals surface area (Å²) in [5.41, 5.74) is 4.68. The average Bonchev–Trinajstić information content (AvgIpc) is 2.96. The molecule has 0 bridgehead atoms. The van der Waals surface area contributed by atoms with Crippen LogP contribution in [-0.4, -0.2) is 36.2 Å². The Morgan fingerprint density at radius 2 is 1.16 bits per heavy atom. The van der Waals surface area contributed by atoms with Crippen molar-refractivity contribution in [3.8, 4) is 22.6 Å². The molecule has 0 aliphatic rings. The molecule has 0 atom stereocenters. The third-order valence-corrected chi connectivity index (χ3v) is 8.40. The molecule has 14 heteroatoms. The second-order valence-corrected chi connectivity index (χ2v) is 12.6. The zero-order chi connectivity index (χ0) is 31.8. The highest BCUT2D eigenvalue weighted by atomic mass is 32.2. The maximum atomic E-state index is 12.2. The Balaban J connectivity index is 1.48. The van der Waals surface area contributed by atoms with Crippen LogP contribution in [0.3, 0.4) is 0 Å². The van der Waals surface area contributed by atoms with E-state index >= 15 is 0 Å². The minimum absolute atomic E-state index is 0.0343. The molecule has 12 nitrogen and oxygen atoms in total. The highest BCUT2D eigenvalue weighted by Gasteiger charge is 2.24. The normalized spacial score (nSPS) is 12.5. The molecule has 0 amide bonds. The van der Waals surface area contributed by atoms with Gasteiger partial charge in [0.05, 0.1) is 22.0 Å². The van der Waals surface area contributed by atoms with Crippen LogP contribution in [0.1, 0.15) is 11.1 Å². The predicted octanol–water partition coefficient (Wildman–Crippen LogP) is 7.86. The summed E-state index contributed by atoms with van der Waals surface area (Å²) in [6.07, 6.45) is 0. The number of hydrogen-bond acceptors (Lipinski definition) is 10. The molecule has 0 saturated carbocycles. The van der Waals surface area contributed by atoms with E-state index in [1.807, 2.05) is 31.2 Å². The average molecular weight is 633 g/mol. The predicted molar refractivity (Wildman–Crippen MR) is 163 cm³/mol. The smallest absolute Gasteiger partial charge is 0.295 e. The van der Waals surface area contributed by atoms with Gasteiger partial charge in [0.25, 0.3) is 20.2 Å². The first-order chi connectivity index (χ1) is 20.7. The summed E-state index contributed by atoms with van der Waals surface area (Å²) in [4.78, 5) is -1.64. The molecule has 0 aromatic heterocycles. The van der Waals surface area contributed by atoms with E-state index in [0.29, 0.717) is 28.7 Å². The molecule has 0 spiro atoms. The minimum atomic E-state index is -5.02. The van der Waals surface area contributed by atoms with Gasteiger partial charge in [0.1, 0.15) is 22.1 Å². The van der Waals surface area contributed by atoms with E-state index in [1.54, 1.807) is 31.2 Å². The fourth-order valence-corrected chi connectivity index (χ4v) is 5.82. The minimum Gasteiger partial charge on any atom is -0.508 e. The highest BCUT2D eigenvalue weighted by Crippen LogP contribution is 2.41. The van der Waals surface area contributed by atoms with Gasteiger partial charge in [0.15, 0.2) is 0 Å². The molecule has 0 saturated heterocycles. The zero-order valence-corrected chi connectivity index (χ0v) is 24.7. The van der Waals surface area contributed by atoms with Crippen LogP contribution in [0.5, 0.6) is 11.5 Å². The lowest BCUT2D eigenvalue weighted by molar-refractivity contribution is 0.475. The zero-order valence-electron chi connectivity index (χ0n) is 23.1. The molecule has 0 unspecified atom stereocenters. The van der Waals surface area contributed by atoms with E-state index in [-0.39, 0.29) is 22.2 Å². The first-order valence-electron chi connectivity index (χ1n) is 12.8. The summed E-state index contributed by atoms with van der Waals surface area (Å²) in [7, 11) is -9.83. The van der Waals surface area contributed by atoms with Crippen molar-refractivity contribution in [1.82, 2.24) is 0 Å². The molecular formula is C30H24N4O8S2. The lowest BCUT2D eigenvalue weighted by atomic mass is 10.0. The number of phenols is 2. The number of nitrogens with zero attached hydrogens (tertiary/aromatic N) is 4. The molecular weight excluding hydrogens is 608 g/mol. The van der Waals surface area contributed by atoms with Crippen LogP contribution in [0, 0.1) is 13.8 Å². The van der Waals surface area contributed by atoms with Crippen molar-refractivity contribution in [2.75, 3.05) is 0 Å². The van der Waals surface area contributed by atoms with Gasteiger partial charge in [-0.05, 0) is 108 Å². The molecule has 5 aromatic carbocycles. The van der Waals surface area contributed by atoms with Gasteiger partial charge >= 0.3 is 0 Å². The lowest BCUT2D eigenvalue weighted by Crippen LogP contribution is -2.04. The first kappa shape index (κ1) is 30.4. The number of aryl methyl sites for hydroxylation is 2. The highest BCUT2D eigenvalue weighted by molar-refractivity contribution is 7.86. The van der Waals surface area contributed by atoms with Crippen LogP contribution < -0.4 is 0 Å². The maximum Gasteiger partial charge on any atom is 0.295 e. The quantitative estimate of drug-likeness (QED) is 0.103. The summed E-state index contributed by atoms with van der Waals surface area (Å²) in [6.45, 7) is 3.69. The van der Waals surface area contributed by atoms with Gasteiger partial charge in [0, 0.05) is 5.39 Å². The Labute approximate surface area is 252 Å². The molecule has 5 aromatic rings. The second-order valence-electron chi connectivity index (χ2n) is 9.82. The largest absolute Gasteiger partial charge is 0.508 e. The van der Waals surface area contributed by atoms with Gasteiger partial charge < -0.3 is 10.2 Å². The van der Waals surface area contributed by atoms with E-state index in [2.05, 4.69) is 20.5 Å². The van der Waals surface area contributed by atoms with Crippen molar-refractivity contribution < 1.29 is 36.2 Å². The van der Waals surface area contributed by atoms with Crippen LogP contribution in [0.2, 0.25) is 0 Å². The SMILES string of the molecule is Cc1cc(-c2ccc(N=Nc3c(O)ccc4cc(S(=O)(=O)O)cc(S(=O)(=O)O)c34)c(C)c2)ccc1N=Nc1ccc(O)cc1. The monoisotopic (exact) mass is 632 g/mol. The van der Waals surface area contributed by atoms with E-state index in [1.165, 1.54) is 18.2 Å². The lowest BCUT2D eigenvalue weighted by Gasteiger charge is -2.11. The third-order valence-electron chi connectivity index (χ3n) is 6.69. The van der Waals surface area contributed by atoms with E-state index in [4.69, 9.17) is 0 Å². The van der Waals surface area contributed by atoms with Crippen LogP contribution >= 0.6 is 0 Å². The molecule has 4 N–H and O–H groups in total. The van der Waals surface area contributed by atoms with Crippen molar-refractivity contribution in [3.05, 3.63) is 96.1 Å². The summed E-state index contributed by atoms with van der Waals surface area (Å²) < 4.78 is 66.9. The molecule has 0 heterocycles. The van der Waals surface area contributed by atoms with Crippen LogP contribution in [0.4, 0.5) is 22.7 Å². The molecule has 44 heavy (non-hydrogen) atoms. The van der Waals surface area contributed by atoms with Gasteiger partial charge in [-0.15, -0.1) is 5.11 Å². The fraction of sp³-hybridized carbons (Fsp3) is 0.0667. The van der Waals surface area contributed by atoms with Crippen molar-refractivity contribution in [2.24, 2.45) is 20.5 Å². The Bertz CT molecular complexity index is 2220. The number of rotatable bonds is 7. The molecule has 0 aliphatic carbocycles. The van der Waals surface area contributed by atoms with E-state index < -0.39 is 35.8 Å². The molecule has 224 valence electrons. The Morgan fingerprint density at radius 1 is 0.591 bits per heavy atom. The van der Waals surface area contributed by atoms with E-state index in [9.17, 15) is 36.2 Å². The summed E-state index contributed by atoms with van der Waals surface area (Å²) in [5, 5.41) is 36.3. The van der Waals surface area contributed by atoms with Gasteiger partial charge in [-0.2, -0.15) is 32.2 Å². The fourth-order valence-electron chi connectivity index (χ4n) is 4.45. The third kappa shape index (κ3) is 6.48. The van der Waals surface area contributed by atoms with Crippen LogP contribution in [-0.2, 0) is 20.2 Å². The number of fused-ring (bicyclic) bond motifs is 1. The Morgan fingerprint density at radius 3 is 1.68 bits per heavy atom. The molecule has 5 rings (SSSR count).